The molecule has 0 saturated heterocycles. The summed E-state index contributed by atoms with van der Waals surface area (Å²) in [6.45, 7) is 16.1. The summed E-state index contributed by atoms with van der Waals surface area (Å²) >= 11 is 0. The van der Waals surface area contributed by atoms with Gasteiger partial charge in [0.05, 0.1) is 29.8 Å². The van der Waals surface area contributed by atoms with Gasteiger partial charge in [-0.1, -0.05) is 34.6 Å². The first-order valence-electron chi connectivity index (χ1n) is 7.05. The molecule has 0 spiro atoms. The lowest BCUT2D eigenvalue weighted by atomic mass is 9.84. The molecule has 0 aromatic carbocycles. The second kappa shape index (κ2) is 4.37. The maximum absolute atomic E-state index is 4.60. The van der Waals surface area contributed by atoms with Crippen molar-refractivity contribution in [2.75, 3.05) is 0 Å². The summed E-state index contributed by atoms with van der Waals surface area (Å²) in [5.74, 6) is 0.585. The van der Waals surface area contributed by atoms with E-state index in [0.717, 1.165) is 0 Å². The maximum Gasteiger partial charge on any atom is 0.0926 e. The Morgan fingerprint density at radius 3 is 2.28 bits per heavy atom. The first-order valence-corrected chi connectivity index (χ1v) is 7.05. The molecule has 0 fully saturated rings. The standard InChI is InChI=1S/C15H27N3/c1-9(2)13-11-12(17-8-16-11)14(15(5,6)7)18(13)10(3)4/h8-10,13-14H,1-7H3,(H,16,17). The Labute approximate surface area is 111 Å². The van der Waals surface area contributed by atoms with E-state index in [1.54, 1.807) is 0 Å². The van der Waals surface area contributed by atoms with Gasteiger partial charge >= 0.3 is 0 Å². The number of nitrogens with one attached hydrogen (secondary N) is 1. The van der Waals surface area contributed by atoms with Crippen molar-refractivity contribution < 1.29 is 0 Å². The first kappa shape index (κ1) is 13.6. The van der Waals surface area contributed by atoms with Gasteiger partial charge in [0, 0.05) is 6.04 Å². The Hall–Kier alpha value is -0.830. The number of aromatic nitrogens is 2. The zero-order valence-electron chi connectivity index (χ0n) is 12.8. The van der Waals surface area contributed by atoms with Crippen LogP contribution >= 0.6 is 0 Å². The molecule has 0 aliphatic carbocycles. The first-order chi connectivity index (χ1) is 8.25. The van der Waals surface area contributed by atoms with Crippen LogP contribution in [0.15, 0.2) is 6.33 Å². The van der Waals surface area contributed by atoms with Crippen LogP contribution in [0.5, 0.6) is 0 Å². The minimum absolute atomic E-state index is 0.217. The second-order valence-corrected chi connectivity index (χ2v) is 7.20. The lowest BCUT2D eigenvalue weighted by molar-refractivity contribution is 0.0294. The van der Waals surface area contributed by atoms with E-state index in [1.165, 1.54) is 11.4 Å². The Balaban J connectivity index is 2.52. The van der Waals surface area contributed by atoms with Crippen LogP contribution in [0.2, 0.25) is 0 Å². The largest absolute Gasteiger partial charge is 0.347 e. The van der Waals surface area contributed by atoms with E-state index < -0.39 is 0 Å². The number of H-pyrrole nitrogens is 1. The minimum Gasteiger partial charge on any atom is -0.347 e. The maximum atomic E-state index is 4.60. The van der Waals surface area contributed by atoms with Gasteiger partial charge in [0.2, 0.25) is 0 Å². The Bertz CT molecular complexity index is 412. The average Bonchev–Trinajstić information content (AvgIpc) is 2.70. The predicted octanol–water partition coefficient (Wildman–Crippen LogP) is 3.92. The smallest absolute Gasteiger partial charge is 0.0926 e. The van der Waals surface area contributed by atoms with Gasteiger partial charge in [0.25, 0.3) is 0 Å². The molecule has 3 nitrogen and oxygen atoms in total. The van der Waals surface area contributed by atoms with E-state index in [2.05, 4.69) is 63.3 Å². The molecular weight excluding hydrogens is 222 g/mol. The lowest BCUT2D eigenvalue weighted by Crippen LogP contribution is -2.40. The molecule has 0 saturated carbocycles. The van der Waals surface area contributed by atoms with Crippen LogP contribution in [0, 0.1) is 11.3 Å². The number of nitrogens with zero attached hydrogens (tertiary/aromatic N) is 2. The third-order valence-electron chi connectivity index (χ3n) is 3.92. The van der Waals surface area contributed by atoms with Crippen molar-refractivity contribution in [2.45, 2.75) is 66.6 Å². The SMILES string of the molecule is CC(C)C1c2nc[nH]c2C(C(C)(C)C)N1C(C)C. The number of rotatable bonds is 2. The van der Waals surface area contributed by atoms with E-state index in [9.17, 15) is 0 Å². The van der Waals surface area contributed by atoms with E-state index >= 15 is 0 Å². The van der Waals surface area contributed by atoms with Gasteiger partial charge in [-0.05, 0) is 25.2 Å². The molecule has 18 heavy (non-hydrogen) atoms. The molecular formula is C15H27N3. The summed E-state index contributed by atoms with van der Waals surface area (Å²) in [6, 6.07) is 1.40. The van der Waals surface area contributed by atoms with E-state index in [4.69, 9.17) is 0 Å². The highest BCUT2D eigenvalue weighted by Crippen LogP contribution is 2.51. The van der Waals surface area contributed by atoms with E-state index in [-0.39, 0.29) is 5.41 Å². The van der Waals surface area contributed by atoms with Crippen LogP contribution in [-0.4, -0.2) is 20.9 Å². The van der Waals surface area contributed by atoms with Crippen LogP contribution in [0.1, 0.15) is 71.9 Å². The Morgan fingerprint density at radius 2 is 1.83 bits per heavy atom. The number of imidazole rings is 1. The number of fused-ring (bicyclic) bond motifs is 1. The molecule has 0 amide bonds. The van der Waals surface area contributed by atoms with Crippen molar-refractivity contribution in [3.63, 3.8) is 0 Å². The fraction of sp³-hybridized carbons (Fsp3) is 0.800. The fourth-order valence-electron chi connectivity index (χ4n) is 3.38. The van der Waals surface area contributed by atoms with Crippen LogP contribution in [0.25, 0.3) is 0 Å². The van der Waals surface area contributed by atoms with E-state index in [0.29, 0.717) is 24.0 Å². The van der Waals surface area contributed by atoms with Crippen LogP contribution < -0.4 is 0 Å². The predicted molar refractivity (Wildman–Crippen MR) is 75.3 cm³/mol. The molecule has 1 aliphatic rings. The van der Waals surface area contributed by atoms with Gasteiger partial charge in [-0.25, -0.2) is 4.98 Å². The van der Waals surface area contributed by atoms with Crippen molar-refractivity contribution in [3.05, 3.63) is 17.7 Å². The Kier molecular flexibility index (Phi) is 3.30. The summed E-state index contributed by atoms with van der Waals surface area (Å²) in [6.07, 6.45) is 1.86. The quantitative estimate of drug-likeness (QED) is 0.861. The van der Waals surface area contributed by atoms with Gasteiger partial charge in [0.1, 0.15) is 0 Å². The van der Waals surface area contributed by atoms with Crippen LogP contribution in [0.4, 0.5) is 0 Å². The topological polar surface area (TPSA) is 31.9 Å². The number of hydrogen-bond acceptors (Lipinski definition) is 2. The van der Waals surface area contributed by atoms with Gasteiger partial charge < -0.3 is 4.98 Å². The zero-order valence-corrected chi connectivity index (χ0v) is 12.8. The highest BCUT2D eigenvalue weighted by atomic mass is 15.3. The molecule has 102 valence electrons. The van der Waals surface area contributed by atoms with Crippen molar-refractivity contribution in [1.82, 2.24) is 14.9 Å². The van der Waals surface area contributed by atoms with Crippen LogP contribution in [0.3, 0.4) is 0 Å². The van der Waals surface area contributed by atoms with Crippen molar-refractivity contribution in [3.8, 4) is 0 Å². The van der Waals surface area contributed by atoms with Gasteiger partial charge in [-0.15, -0.1) is 0 Å². The van der Waals surface area contributed by atoms with Crippen molar-refractivity contribution in [2.24, 2.45) is 11.3 Å². The number of hydrogen-bond donors (Lipinski definition) is 1. The summed E-state index contributed by atoms with van der Waals surface area (Å²) in [7, 11) is 0. The molecule has 1 aromatic rings. The molecule has 2 atom stereocenters. The molecule has 1 aromatic heterocycles. The molecule has 2 unspecified atom stereocenters. The van der Waals surface area contributed by atoms with Gasteiger partial charge in [-0.3, -0.25) is 4.90 Å². The monoisotopic (exact) mass is 249 g/mol. The molecule has 0 radical (unpaired) electrons. The van der Waals surface area contributed by atoms with E-state index in [1.807, 2.05) is 6.33 Å². The summed E-state index contributed by atoms with van der Waals surface area (Å²) < 4.78 is 0. The fourth-order valence-corrected chi connectivity index (χ4v) is 3.38. The normalized spacial score (nSPS) is 25.2. The van der Waals surface area contributed by atoms with Crippen molar-refractivity contribution >= 4 is 0 Å². The lowest BCUT2D eigenvalue weighted by Gasteiger charge is -2.41. The third kappa shape index (κ3) is 1.99. The second-order valence-electron chi connectivity index (χ2n) is 7.20. The average molecular weight is 249 g/mol. The summed E-state index contributed by atoms with van der Waals surface area (Å²) in [5, 5.41) is 0. The van der Waals surface area contributed by atoms with Crippen molar-refractivity contribution in [1.29, 1.82) is 0 Å². The molecule has 1 N–H and O–H groups in total. The summed E-state index contributed by atoms with van der Waals surface area (Å²) in [5.41, 5.74) is 2.81. The highest BCUT2D eigenvalue weighted by molar-refractivity contribution is 5.29. The molecule has 2 rings (SSSR count). The van der Waals surface area contributed by atoms with Gasteiger partial charge in [0.15, 0.2) is 0 Å². The molecule has 0 bridgehead atoms. The van der Waals surface area contributed by atoms with Gasteiger partial charge in [-0.2, -0.15) is 0 Å². The zero-order chi connectivity index (χ0) is 13.7. The van der Waals surface area contributed by atoms with Crippen LogP contribution in [-0.2, 0) is 0 Å². The minimum atomic E-state index is 0.217. The summed E-state index contributed by atoms with van der Waals surface area (Å²) in [4.78, 5) is 10.6. The number of aromatic amines is 1. The Morgan fingerprint density at radius 1 is 1.22 bits per heavy atom. The molecule has 1 aliphatic heterocycles. The molecule has 3 heteroatoms. The third-order valence-corrected chi connectivity index (χ3v) is 3.92. The highest BCUT2D eigenvalue weighted by Gasteiger charge is 2.47. The molecule has 2 heterocycles.